The normalized spacial score (nSPS) is 38.1. The Bertz CT molecular complexity index is 242. The zero-order chi connectivity index (χ0) is 12.8. The van der Waals surface area contributed by atoms with Gasteiger partial charge in [-0.1, -0.05) is 12.2 Å². The van der Waals surface area contributed by atoms with Crippen LogP contribution in [-0.4, -0.2) is 13.7 Å². The van der Waals surface area contributed by atoms with Crippen LogP contribution in [0.2, 0.25) is 0 Å². The number of hydrogen-bond acceptors (Lipinski definition) is 1. The van der Waals surface area contributed by atoms with Crippen molar-refractivity contribution in [3.05, 3.63) is 12.2 Å². The van der Waals surface area contributed by atoms with E-state index in [0.29, 0.717) is 0 Å². The van der Waals surface area contributed by atoms with Crippen LogP contribution in [0.4, 0.5) is 0 Å². The van der Waals surface area contributed by atoms with Gasteiger partial charge < -0.3 is 4.74 Å². The highest BCUT2D eigenvalue weighted by molar-refractivity contribution is 4.90. The van der Waals surface area contributed by atoms with Crippen molar-refractivity contribution in [2.75, 3.05) is 13.7 Å². The Balaban J connectivity index is 1.71. The van der Waals surface area contributed by atoms with E-state index in [4.69, 9.17) is 4.74 Å². The molecule has 0 bridgehead atoms. The highest BCUT2D eigenvalue weighted by Gasteiger charge is 2.30. The predicted molar refractivity (Wildman–Crippen MR) is 77.6 cm³/mol. The van der Waals surface area contributed by atoms with Crippen molar-refractivity contribution in [1.29, 1.82) is 0 Å². The molecule has 0 heterocycles. The summed E-state index contributed by atoms with van der Waals surface area (Å²) in [7, 11) is 1.84. The maximum Gasteiger partial charge on any atom is 0.0490 e. The Hall–Kier alpha value is -0.300. The van der Waals surface area contributed by atoms with Gasteiger partial charge in [-0.2, -0.15) is 0 Å². The molecule has 0 N–H and O–H groups in total. The zero-order valence-electron chi connectivity index (χ0n) is 12.2. The SMILES string of the molecule is C/C=C/C1CCC([C@H]2CC[C@H](COC)CC2)CC1. The summed E-state index contributed by atoms with van der Waals surface area (Å²) in [5, 5.41) is 0. The predicted octanol–water partition coefficient (Wildman–Crippen LogP) is 4.82. The Morgan fingerprint density at radius 3 is 1.94 bits per heavy atom. The molecule has 0 aromatic heterocycles. The van der Waals surface area contributed by atoms with Crippen LogP contribution in [0.15, 0.2) is 12.2 Å². The fourth-order valence-electron chi connectivity index (χ4n) is 4.14. The van der Waals surface area contributed by atoms with Crippen molar-refractivity contribution in [3.8, 4) is 0 Å². The van der Waals surface area contributed by atoms with Gasteiger partial charge in [-0.15, -0.1) is 0 Å². The molecular weight excluding hydrogens is 220 g/mol. The first-order chi connectivity index (χ1) is 8.83. The molecule has 2 rings (SSSR count). The largest absolute Gasteiger partial charge is 0.384 e. The number of hydrogen-bond donors (Lipinski definition) is 0. The molecule has 2 aliphatic carbocycles. The third kappa shape index (κ3) is 3.85. The van der Waals surface area contributed by atoms with Crippen LogP contribution in [0.1, 0.15) is 58.3 Å². The summed E-state index contributed by atoms with van der Waals surface area (Å²) in [6.07, 6.45) is 16.2. The van der Waals surface area contributed by atoms with Crippen LogP contribution in [0, 0.1) is 23.7 Å². The molecule has 0 aromatic rings. The molecule has 0 atom stereocenters. The van der Waals surface area contributed by atoms with Crippen molar-refractivity contribution >= 4 is 0 Å². The number of rotatable bonds is 4. The lowest BCUT2D eigenvalue weighted by Crippen LogP contribution is -2.26. The lowest BCUT2D eigenvalue weighted by molar-refractivity contribution is 0.0957. The topological polar surface area (TPSA) is 9.23 Å². The molecule has 0 aromatic carbocycles. The minimum Gasteiger partial charge on any atom is -0.384 e. The van der Waals surface area contributed by atoms with E-state index in [-0.39, 0.29) is 0 Å². The number of methoxy groups -OCH3 is 1. The third-order valence-corrected chi connectivity index (χ3v) is 5.24. The van der Waals surface area contributed by atoms with Gasteiger partial charge in [0, 0.05) is 13.7 Å². The summed E-state index contributed by atoms with van der Waals surface area (Å²) < 4.78 is 5.30. The minimum absolute atomic E-state index is 0.852. The van der Waals surface area contributed by atoms with Crippen molar-refractivity contribution in [1.82, 2.24) is 0 Å². The Labute approximate surface area is 113 Å². The molecule has 2 aliphatic rings. The van der Waals surface area contributed by atoms with Crippen molar-refractivity contribution < 1.29 is 4.74 Å². The second-order valence-corrected chi connectivity index (χ2v) is 6.44. The maximum atomic E-state index is 5.30. The van der Waals surface area contributed by atoms with Gasteiger partial charge in [-0.3, -0.25) is 0 Å². The van der Waals surface area contributed by atoms with Gasteiger partial charge in [-0.25, -0.2) is 0 Å². The van der Waals surface area contributed by atoms with E-state index in [2.05, 4.69) is 19.1 Å². The van der Waals surface area contributed by atoms with Crippen LogP contribution >= 0.6 is 0 Å². The molecule has 0 aliphatic heterocycles. The Kier molecular flexibility index (Phi) is 5.75. The van der Waals surface area contributed by atoms with E-state index < -0.39 is 0 Å². The lowest BCUT2D eigenvalue weighted by atomic mass is 9.69. The van der Waals surface area contributed by atoms with Gasteiger partial charge in [0.2, 0.25) is 0 Å². The van der Waals surface area contributed by atoms with Gasteiger partial charge >= 0.3 is 0 Å². The van der Waals surface area contributed by atoms with Crippen molar-refractivity contribution in [3.63, 3.8) is 0 Å². The van der Waals surface area contributed by atoms with Crippen LogP contribution in [0.25, 0.3) is 0 Å². The first kappa shape index (κ1) is 14.1. The highest BCUT2D eigenvalue weighted by atomic mass is 16.5. The summed E-state index contributed by atoms with van der Waals surface area (Å²) in [6, 6.07) is 0. The van der Waals surface area contributed by atoms with Gasteiger partial charge in [0.05, 0.1) is 0 Å². The highest BCUT2D eigenvalue weighted by Crippen LogP contribution is 2.41. The van der Waals surface area contributed by atoms with Gasteiger partial charge in [-0.05, 0) is 82.0 Å². The first-order valence-electron chi connectivity index (χ1n) is 7.95. The molecule has 0 spiro atoms. The van der Waals surface area contributed by atoms with Gasteiger partial charge in [0.1, 0.15) is 0 Å². The van der Waals surface area contributed by atoms with E-state index in [0.717, 1.165) is 30.3 Å². The lowest BCUT2D eigenvalue weighted by Gasteiger charge is -2.37. The Morgan fingerprint density at radius 1 is 0.889 bits per heavy atom. The molecule has 0 unspecified atom stereocenters. The minimum atomic E-state index is 0.852. The maximum absolute atomic E-state index is 5.30. The van der Waals surface area contributed by atoms with Gasteiger partial charge in [0.25, 0.3) is 0 Å². The molecule has 18 heavy (non-hydrogen) atoms. The second kappa shape index (κ2) is 7.33. The van der Waals surface area contributed by atoms with Crippen LogP contribution in [0.5, 0.6) is 0 Å². The number of allylic oxidation sites excluding steroid dienone is 2. The average molecular weight is 250 g/mol. The van der Waals surface area contributed by atoms with Crippen LogP contribution in [0.3, 0.4) is 0 Å². The molecular formula is C17H30O. The molecule has 0 amide bonds. The van der Waals surface area contributed by atoms with E-state index >= 15 is 0 Å². The molecule has 2 saturated carbocycles. The van der Waals surface area contributed by atoms with Crippen molar-refractivity contribution in [2.24, 2.45) is 23.7 Å². The first-order valence-corrected chi connectivity index (χ1v) is 7.95. The summed E-state index contributed by atoms with van der Waals surface area (Å²) in [5.74, 6) is 3.81. The van der Waals surface area contributed by atoms with E-state index in [1.54, 1.807) is 0 Å². The molecule has 0 radical (unpaired) electrons. The van der Waals surface area contributed by atoms with Crippen LogP contribution < -0.4 is 0 Å². The average Bonchev–Trinajstić information content (AvgIpc) is 2.41. The monoisotopic (exact) mass is 250 g/mol. The smallest absolute Gasteiger partial charge is 0.0490 e. The molecule has 1 heteroatoms. The molecule has 1 nitrogen and oxygen atoms in total. The standard InChI is InChI=1S/C17H30O/c1-3-4-14-5-9-16(10-6-14)17-11-7-15(8-12-17)13-18-2/h3-4,14-17H,5-13H2,1-2H3/b4-3+/t14?,15-,16?,17-. The summed E-state index contributed by atoms with van der Waals surface area (Å²) >= 11 is 0. The zero-order valence-corrected chi connectivity index (χ0v) is 12.2. The van der Waals surface area contributed by atoms with E-state index in [1.165, 1.54) is 51.4 Å². The molecule has 104 valence electrons. The molecule has 0 saturated heterocycles. The van der Waals surface area contributed by atoms with E-state index in [1.807, 2.05) is 7.11 Å². The fraction of sp³-hybridized carbons (Fsp3) is 0.882. The number of ether oxygens (including phenoxy) is 1. The fourth-order valence-corrected chi connectivity index (χ4v) is 4.14. The summed E-state index contributed by atoms with van der Waals surface area (Å²) in [6.45, 7) is 3.14. The second-order valence-electron chi connectivity index (χ2n) is 6.44. The Morgan fingerprint density at radius 2 is 1.44 bits per heavy atom. The van der Waals surface area contributed by atoms with Crippen LogP contribution in [-0.2, 0) is 4.74 Å². The van der Waals surface area contributed by atoms with Crippen molar-refractivity contribution in [2.45, 2.75) is 58.3 Å². The summed E-state index contributed by atoms with van der Waals surface area (Å²) in [4.78, 5) is 0. The third-order valence-electron chi connectivity index (χ3n) is 5.24. The van der Waals surface area contributed by atoms with Gasteiger partial charge in [0.15, 0.2) is 0 Å². The quantitative estimate of drug-likeness (QED) is 0.650. The molecule has 2 fully saturated rings. The van der Waals surface area contributed by atoms with E-state index in [9.17, 15) is 0 Å². The summed E-state index contributed by atoms with van der Waals surface area (Å²) in [5.41, 5.74) is 0.